The van der Waals surface area contributed by atoms with E-state index in [9.17, 15) is 8.42 Å². The van der Waals surface area contributed by atoms with Gasteiger partial charge in [0.05, 0.1) is 12.7 Å². The van der Waals surface area contributed by atoms with E-state index in [0.717, 1.165) is 0 Å². The van der Waals surface area contributed by atoms with E-state index >= 15 is 0 Å². The predicted octanol–water partition coefficient (Wildman–Crippen LogP) is -1.09. The van der Waals surface area contributed by atoms with Gasteiger partial charge in [-0.1, -0.05) is 0 Å². The van der Waals surface area contributed by atoms with Crippen molar-refractivity contribution in [3.63, 3.8) is 0 Å². The van der Waals surface area contributed by atoms with Gasteiger partial charge in [-0.3, -0.25) is 0 Å². The molecule has 1 aliphatic heterocycles. The zero-order valence-corrected chi connectivity index (χ0v) is 7.17. The van der Waals surface area contributed by atoms with Crippen LogP contribution in [0, 0.1) is 0 Å². The van der Waals surface area contributed by atoms with E-state index in [1.807, 2.05) is 6.92 Å². The summed E-state index contributed by atoms with van der Waals surface area (Å²) in [5.41, 5.74) is 0. The Kier molecular flexibility index (Phi) is 2.48. The molecule has 0 saturated carbocycles. The number of hydrogen-bond acceptors (Lipinski definition) is 3. The molecule has 1 unspecified atom stereocenters. The van der Waals surface area contributed by atoms with Crippen LogP contribution < -0.4 is 5.14 Å². The molecule has 1 fully saturated rings. The van der Waals surface area contributed by atoms with Gasteiger partial charge in [-0.05, 0) is 6.92 Å². The van der Waals surface area contributed by atoms with Crippen LogP contribution in [0.25, 0.3) is 0 Å². The predicted molar refractivity (Wildman–Crippen MR) is 40.1 cm³/mol. The highest BCUT2D eigenvalue weighted by Gasteiger charge is 2.23. The third kappa shape index (κ3) is 2.41. The van der Waals surface area contributed by atoms with E-state index in [2.05, 4.69) is 0 Å². The molecule has 0 aromatic carbocycles. The van der Waals surface area contributed by atoms with E-state index in [-0.39, 0.29) is 6.10 Å². The normalized spacial score (nSPS) is 28.7. The number of rotatable bonds is 1. The molecule has 2 N–H and O–H groups in total. The highest BCUT2D eigenvalue weighted by atomic mass is 32.2. The topological polar surface area (TPSA) is 72.6 Å². The number of nitrogens with two attached hydrogens (primary N) is 1. The molecule has 0 aromatic rings. The minimum atomic E-state index is -3.51. The van der Waals surface area contributed by atoms with Gasteiger partial charge >= 0.3 is 0 Å². The smallest absolute Gasteiger partial charge is 0.277 e. The molecule has 0 bridgehead atoms. The Labute approximate surface area is 66.3 Å². The maximum atomic E-state index is 10.8. The van der Waals surface area contributed by atoms with Gasteiger partial charge in [-0.25, -0.2) is 5.14 Å². The van der Waals surface area contributed by atoms with Crippen LogP contribution in [0.3, 0.4) is 0 Å². The third-order valence-electron chi connectivity index (χ3n) is 1.56. The first-order chi connectivity index (χ1) is 5.00. The lowest BCUT2D eigenvalue weighted by atomic mass is 10.3. The van der Waals surface area contributed by atoms with Crippen LogP contribution in [-0.4, -0.2) is 38.5 Å². The minimum absolute atomic E-state index is 0.0536. The SMILES string of the molecule is CC1CN(S(N)(=O)=O)CCO1. The summed E-state index contributed by atoms with van der Waals surface area (Å²) >= 11 is 0. The van der Waals surface area contributed by atoms with Crippen molar-refractivity contribution in [3.8, 4) is 0 Å². The molecule has 11 heavy (non-hydrogen) atoms. The number of nitrogens with zero attached hydrogens (tertiary/aromatic N) is 1. The quantitative estimate of drug-likeness (QED) is 0.557. The van der Waals surface area contributed by atoms with Crippen LogP contribution in [0.15, 0.2) is 0 Å². The molecule has 1 saturated heterocycles. The Morgan fingerprint density at radius 2 is 2.27 bits per heavy atom. The van der Waals surface area contributed by atoms with E-state index < -0.39 is 10.2 Å². The summed E-state index contributed by atoms with van der Waals surface area (Å²) in [7, 11) is -3.51. The van der Waals surface area contributed by atoms with Crippen molar-refractivity contribution in [2.75, 3.05) is 19.7 Å². The van der Waals surface area contributed by atoms with E-state index in [0.29, 0.717) is 19.7 Å². The van der Waals surface area contributed by atoms with Crippen molar-refractivity contribution < 1.29 is 13.2 Å². The first-order valence-electron chi connectivity index (χ1n) is 3.39. The molecule has 0 radical (unpaired) electrons. The third-order valence-corrected chi connectivity index (χ3v) is 2.62. The summed E-state index contributed by atoms with van der Waals surface area (Å²) in [5.74, 6) is 0. The van der Waals surface area contributed by atoms with E-state index in [4.69, 9.17) is 9.88 Å². The van der Waals surface area contributed by atoms with Crippen LogP contribution in [0.1, 0.15) is 6.92 Å². The zero-order chi connectivity index (χ0) is 8.48. The van der Waals surface area contributed by atoms with Gasteiger partial charge in [0.25, 0.3) is 10.2 Å². The van der Waals surface area contributed by atoms with Crippen LogP contribution in [-0.2, 0) is 14.9 Å². The number of hydrogen-bond donors (Lipinski definition) is 1. The fourth-order valence-electron chi connectivity index (χ4n) is 1.02. The second-order valence-corrected chi connectivity index (χ2v) is 4.13. The average Bonchev–Trinajstić information content (AvgIpc) is 1.86. The van der Waals surface area contributed by atoms with Crippen LogP contribution in [0.2, 0.25) is 0 Å². The van der Waals surface area contributed by atoms with Crippen molar-refractivity contribution in [2.45, 2.75) is 13.0 Å². The van der Waals surface area contributed by atoms with Crippen molar-refractivity contribution in [2.24, 2.45) is 5.14 Å². The molecular formula is C5H12N2O3S. The summed E-state index contributed by atoms with van der Waals surface area (Å²) in [4.78, 5) is 0. The standard InChI is InChI=1S/C5H12N2O3S/c1-5-4-7(2-3-10-5)11(6,8)9/h5H,2-4H2,1H3,(H2,6,8,9). The molecule has 0 aromatic heterocycles. The minimum Gasteiger partial charge on any atom is -0.376 e. The molecule has 0 amide bonds. The molecule has 1 aliphatic rings. The van der Waals surface area contributed by atoms with E-state index in [1.54, 1.807) is 0 Å². The summed E-state index contributed by atoms with van der Waals surface area (Å²) in [6.07, 6.45) is -0.0536. The van der Waals surface area contributed by atoms with Crippen LogP contribution >= 0.6 is 0 Å². The fourth-order valence-corrected chi connectivity index (χ4v) is 1.76. The number of ether oxygens (including phenoxy) is 1. The molecule has 1 heterocycles. The van der Waals surface area contributed by atoms with Gasteiger partial charge in [0, 0.05) is 13.1 Å². The van der Waals surface area contributed by atoms with Crippen molar-refractivity contribution >= 4 is 10.2 Å². The molecular weight excluding hydrogens is 168 g/mol. The van der Waals surface area contributed by atoms with Gasteiger partial charge in [0.2, 0.25) is 0 Å². The number of morpholine rings is 1. The second-order valence-electron chi connectivity index (χ2n) is 2.58. The first kappa shape index (κ1) is 8.92. The van der Waals surface area contributed by atoms with Gasteiger partial charge in [-0.15, -0.1) is 0 Å². The fraction of sp³-hybridized carbons (Fsp3) is 1.00. The molecule has 0 spiro atoms. The first-order valence-corrected chi connectivity index (χ1v) is 4.90. The Bertz CT molecular complexity index is 226. The monoisotopic (exact) mass is 180 g/mol. The highest BCUT2D eigenvalue weighted by Crippen LogP contribution is 2.05. The Morgan fingerprint density at radius 3 is 2.64 bits per heavy atom. The average molecular weight is 180 g/mol. The Morgan fingerprint density at radius 1 is 1.64 bits per heavy atom. The maximum absolute atomic E-state index is 10.8. The molecule has 0 aliphatic carbocycles. The van der Waals surface area contributed by atoms with Crippen molar-refractivity contribution in [3.05, 3.63) is 0 Å². The summed E-state index contributed by atoms with van der Waals surface area (Å²) < 4.78 is 27.9. The van der Waals surface area contributed by atoms with Gasteiger partial charge < -0.3 is 4.74 Å². The Hall–Kier alpha value is -0.170. The van der Waals surface area contributed by atoms with Crippen LogP contribution in [0.5, 0.6) is 0 Å². The van der Waals surface area contributed by atoms with E-state index in [1.165, 1.54) is 4.31 Å². The summed E-state index contributed by atoms with van der Waals surface area (Å²) in [6, 6.07) is 0. The Balaban J connectivity index is 2.60. The zero-order valence-electron chi connectivity index (χ0n) is 6.36. The highest BCUT2D eigenvalue weighted by molar-refractivity contribution is 7.86. The van der Waals surface area contributed by atoms with Gasteiger partial charge in [-0.2, -0.15) is 12.7 Å². The summed E-state index contributed by atoms with van der Waals surface area (Å²) in [5, 5.41) is 4.92. The molecule has 5 nitrogen and oxygen atoms in total. The van der Waals surface area contributed by atoms with Crippen molar-refractivity contribution in [1.29, 1.82) is 0 Å². The maximum Gasteiger partial charge on any atom is 0.277 e. The summed E-state index contributed by atoms with van der Waals surface area (Å²) in [6.45, 7) is 2.97. The lowest BCUT2D eigenvalue weighted by Gasteiger charge is -2.28. The molecule has 6 heteroatoms. The largest absolute Gasteiger partial charge is 0.376 e. The van der Waals surface area contributed by atoms with Crippen LogP contribution in [0.4, 0.5) is 0 Å². The second kappa shape index (κ2) is 3.06. The van der Waals surface area contributed by atoms with Gasteiger partial charge in [0.15, 0.2) is 0 Å². The lowest BCUT2D eigenvalue weighted by Crippen LogP contribution is -2.47. The molecule has 66 valence electrons. The van der Waals surface area contributed by atoms with Gasteiger partial charge in [0.1, 0.15) is 0 Å². The van der Waals surface area contributed by atoms with Crippen molar-refractivity contribution in [1.82, 2.24) is 4.31 Å². The molecule has 1 rings (SSSR count). The lowest BCUT2D eigenvalue weighted by molar-refractivity contribution is 0.0102. The molecule has 1 atom stereocenters.